The van der Waals surface area contributed by atoms with E-state index in [1.54, 1.807) is 55.4 Å². The maximum atomic E-state index is 15.3. The van der Waals surface area contributed by atoms with Gasteiger partial charge >= 0.3 is 5.97 Å². The van der Waals surface area contributed by atoms with Gasteiger partial charge in [-0.1, -0.05) is 96.9 Å². The molecule has 91 heavy (non-hydrogen) atoms. The number of aliphatic hydroxyl groups excluding tert-OH is 1. The highest BCUT2D eigenvalue weighted by Gasteiger charge is 2.46. The summed E-state index contributed by atoms with van der Waals surface area (Å²) in [4.78, 5) is 194. The maximum Gasteiger partial charge on any atom is 0.305 e. The van der Waals surface area contributed by atoms with Gasteiger partial charge in [0, 0.05) is 69.3 Å². The van der Waals surface area contributed by atoms with Crippen LogP contribution in [-0.2, 0) is 62.3 Å². The van der Waals surface area contributed by atoms with E-state index in [-0.39, 0.29) is 69.4 Å². The lowest BCUT2D eigenvalue weighted by atomic mass is 9.91. The number of carbonyl (C=O) groups excluding carboxylic acids is 12. The highest BCUT2D eigenvalue weighted by Crippen LogP contribution is 2.26. The van der Waals surface area contributed by atoms with Gasteiger partial charge in [-0.3, -0.25) is 62.3 Å². The van der Waals surface area contributed by atoms with E-state index in [1.165, 1.54) is 99.5 Å². The average molecular weight is 1290 g/mol. The zero-order valence-corrected chi connectivity index (χ0v) is 59.0. The number of rotatable bonds is 18. The van der Waals surface area contributed by atoms with Crippen LogP contribution >= 0.6 is 0 Å². The second-order valence-corrected chi connectivity index (χ2v) is 27.3. The minimum absolute atomic E-state index is 0.00734. The molecule has 520 valence electrons. The maximum absolute atomic E-state index is 15.3. The third kappa shape index (κ3) is 23.3. The summed E-state index contributed by atoms with van der Waals surface area (Å²) >= 11 is 0. The summed E-state index contributed by atoms with van der Waals surface area (Å²) in [7, 11) is 9.57. The van der Waals surface area contributed by atoms with Crippen molar-refractivity contribution >= 4 is 76.9 Å². The van der Waals surface area contributed by atoms with Crippen molar-refractivity contribution in [1.29, 1.82) is 0 Å². The number of nitrogens with one attached hydrogen (secondary N) is 4. The van der Waals surface area contributed by atoms with Crippen molar-refractivity contribution in [2.45, 2.75) is 223 Å². The van der Waals surface area contributed by atoms with Crippen molar-refractivity contribution in [1.82, 2.24) is 60.5 Å². The first kappa shape index (κ1) is 82.1. The predicted octanol–water partition coefficient (Wildman–Crippen LogP) is 1.63. The van der Waals surface area contributed by atoms with E-state index < -0.39 is 174 Å². The molecule has 1 saturated heterocycles. The Balaban J connectivity index is 4.37. The normalized spacial score (nSPS) is 25.7. The van der Waals surface area contributed by atoms with E-state index in [2.05, 4.69) is 21.3 Å². The first-order valence-electron chi connectivity index (χ1n) is 32.1. The van der Waals surface area contributed by atoms with Crippen molar-refractivity contribution in [2.24, 2.45) is 41.4 Å². The molecule has 12 atom stereocenters. The third-order valence-corrected chi connectivity index (χ3v) is 17.1. The smallest absolute Gasteiger partial charge is 0.305 e. The van der Waals surface area contributed by atoms with Gasteiger partial charge in [0.25, 0.3) is 0 Å². The van der Waals surface area contributed by atoms with Gasteiger partial charge in [-0.25, -0.2) is 0 Å². The molecule has 27 heteroatoms. The van der Waals surface area contributed by atoms with Crippen LogP contribution in [0.4, 0.5) is 0 Å². The molecule has 6 N–H and O–H groups in total. The molecular formula is C64H114N12O15. The minimum atomic E-state index is -1.80. The SMILES string of the molecule is CC[C@H]1NC(=O)C([C@@H](O)[C@@H](C)CCN(CCC(=O)O)C(C)=O)N(C)C(=O)[C@@H](C(C)C)N(C)C(=O)[C@@H](CC(C)C)N(C)C(=O)C(C(C)C)N(C)C(=O)[C@@H](C)NC(=O)[C@@H](C)NC(=O)[C@@H](CC(C)C)N(C)C(=O)[C@@H](C(C)C)NC(=O)[C@@H](CC(C)C)N(C)C(=O)CN(C)C1=O. The Morgan fingerprint density at radius 2 is 0.923 bits per heavy atom. The minimum Gasteiger partial charge on any atom is -0.481 e. The zero-order chi connectivity index (χ0) is 70.7. The Kier molecular flexibility index (Phi) is 33.3. The lowest BCUT2D eigenvalue weighted by molar-refractivity contribution is -0.158. The van der Waals surface area contributed by atoms with Crippen molar-refractivity contribution in [3.63, 3.8) is 0 Å². The number of amides is 12. The molecule has 0 aromatic heterocycles. The number of carboxylic acid groups (broad SMARTS) is 1. The summed E-state index contributed by atoms with van der Waals surface area (Å²) in [5.41, 5.74) is 0. The fourth-order valence-electron chi connectivity index (χ4n) is 11.4. The molecule has 0 aromatic rings. The van der Waals surface area contributed by atoms with Crippen LogP contribution in [0.25, 0.3) is 0 Å². The van der Waals surface area contributed by atoms with Crippen LogP contribution in [-0.4, -0.2) is 262 Å². The number of aliphatic carboxylic acids is 1. The van der Waals surface area contributed by atoms with Gasteiger partial charge in [-0.05, 0) is 87.4 Å². The molecule has 1 aliphatic rings. The standard InChI is InChI=1S/C64H114N12O15/c1-25-44-60(87)69(18)33-48(78)70(19)45(30-34(2)3)57(84)68-50(37(8)9)62(89)71(20)46(31-35(4)5)56(83)65-41(15)55(82)66-42(16)59(86)73(22)51(38(10)11)63(90)72(21)47(32-36(6)7)61(88)74(23)52(39(12)13)64(91)75(24)53(58(85)67-44)54(81)40(14)26-28-76(43(17)77)29-27-49(79)80/h34-42,44-47,50-54,81H,25-33H2,1-24H3,(H,65,83)(H,66,82)(H,67,85)(H,68,84)(H,79,80)/t40-,41+,42+,44+,45+,46+,47+,50+,51?,52+,53?,54-/m0/s1. The molecule has 0 aromatic carbocycles. The van der Waals surface area contributed by atoms with Crippen molar-refractivity contribution in [3.05, 3.63) is 0 Å². The first-order chi connectivity index (χ1) is 41.9. The van der Waals surface area contributed by atoms with Crippen LogP contribution in [0, 0.1) is 41.4 Å². The summed E-state index contributed by atoms with van der Waals surface area (Å²) in [6.07, 6.45) is -1.82. The van der Waals surface area contributed by atoms with Crippen LogP contribution in [0.1, 0.15) is 156 Å². The van der Waals surface area contributed by atoms with E-state index in [0.29, 0.717) is 0 Å². The molecule has 1 fully saturated rings. The van der Waals surface area contributed by atoms with E-state index in [9.17, 15) is 58.2 Å². The van der Waals surface area contributed by atoms with Gasteiger partial charge in [0.1, 0.15) is 60.4 Å². The van der Waals surface area contributed by atoms with Crippen molar-refractivity contribution in [2.75, 3.05) is 69.0 Å². The molecule has 0 spiro atoms. The quantitative estimate of drug-likeness (QED) is 0.114. The monoisotopic (exact) mass is 1290 g/mol. The van der Waals surface area contributed by atoms with Crippen molar-refractivity contribution < 1.29 is 72.5 Å². The number of carbonyl (C=O) groups is 13. The summed E-state index contributed by atoms with van der Waals surface area (Å²) in [5, 5.41) is 32.6. The molecule has 1 aliphatic heterocycles. The molecule has 2 unspecified atom stereocenters. The number of carboxylic acids is 1. The molecule has 1 heterocycles. The molecule has 27 nitrogen and oxygen atoms in total. The number of aliphatic hydroxyl groups is 1. The zero-order valence-electron chi connectivity index (χ0n) is 59.0. The highest BCUT2D eigenvalue weighted by atomic mass is 16.4. The number of hydrogen-bond acceptors (Lipinski definition) is 14. The fraction of sp³-hybridized carbons (Fsp3) is 0.797. The highest BCUT2D eigenvalue weighted by molar-refractivity contribution is 5.99. The van der Waals surface area contributed by atoms with Gasteiger partial charge in [0.15, 0.2) is 0 Å². The lowest BCUT2D eigenvalue weighted by Gasteiger charge is -2.42. The van der Waals surface area contributed by atoms with Crippen molar-refractivity contribution in [3.8, 4) is 0 Å². The molecule has 1 rings (SSSR count). The average Bonchev–Trinajstić information content (AvgIpc) is 0.854. The van der Waals surface area contributed by atoms with E-state index in [1.807, 2.05) is 41.5 Å². The van der Waals surface area contributed by atoms with Crippen LogP contribution < -0.4 is 21.3 Å². The molecule has 0 aliphatic carbocycles. The topological polar surface area (TPSA) is 336 Å². The predicted molar refractivity (Wildman–Crippen MR) is 344 cm³/mol. The number of nitrogens with zero attached hydrogens (tertiary/aromatic N) is 8. The van der Waals surface area contributed by atoms with E-state index >= 15 is 14.4 Å². The molecular weight excluding hydrogens is 1180 g/mol. The van der Waals surface area contributed by atoms with Gasteiger partial charge in [0.2, 0.25) is 70.9 Å². The number of likely N-dealkylation sites (N-methyl/N-ethyl adjacent to an activating group) is 7. The van der Waals surface area contributed by atoms with Crippen LogP contribution in [0.2, 0.25) is 0 Å². The summed E-state index contributed by atoms with van der Waals surface area (Å²) in [6, 6.07) is -13.1. The van der Waals surface area contributed by atoms with Crippen LogP contribution in [0.5, 0.6) is 0 Å². The van der Waals surface area contributed by atoms with Gasteiger partial charge < -0.3 is 70.7 Å². The van der Waals surface area contributed by atoms with Crippen LogP contribution in [0.15, 0.2) is 0 Å². The first-order valence-corrected chi connectivity index (χ1v) is 32.1. The Bertz CT molecular complexity index is 2540. The molecule has 0 saturated carbocycles. The summed E-state index contributed by atoms with van der Waals surface area (Å²) < 4.78 is 0. The van der Waals surface area contributed by atoms with Gasteiger partial charge in [0.05, 0.1) is 19.1 Å². The second-order valence-electron chi connectivity index (χ2n) is 27.3. The fourth-order valence-corrected chi connectivity index (χ4v) is 11.4. The summed E-state index contributed by atoms with van der Waals surface area (Å²) in [5.74, 6) is -12.9. The molecule has 0 bridgehead atoms. The Labute approximate surface area is 541 Å². The van der Waals surface area contributed by atoms with E-state index in [0.717, 1.165) is 9.80 Å². The molecule has 0 radical (unpaired) electrons. The number of hydrogen-bond donors (Lipinski definition) is 6. The van der Waals surface area contributed by atoms with Gasteiger partial charge in [-0.2, -0.15) is 0 Å². The Hall–Kier alpha value is -6.93. The second kappa shape index (κ2) is 36.9. The van der Waals surface area contributed by atoms with Gasteiger partial charge in [-0.15, -0.1) is 0 Å². The lowest BCUT2D eigenvalue weighted by Crippen LogP contribution is -2.63. The largest absolute Gasteiger partial charge is 0.481 e. The third-order valence-electron chi connectivity index (χ3n) is 17.1. The Morgan fingerprint density at radius 3 is 1.37 bits per heavy atom. The molecule has 12 amide bonds. The Morgan fingerprint density at radius 1 is 0.495 bits per heavy atom. The van der Waals surface area contributed by atoms with Crippen LogP contribution in [0.3, 0.4) is 0 Å². The van der Waals surface area contributed by atoms with E-state index in [4.69, 9.17) is 0 Å². The summed E-state index contributed by atoms with van der Waals surface area (Å²) in [6.45, 7) is 27.6.